The van der Waals surface area contributed by atoms with E-state index in [9.17, 15) is 13.2 Å². The Morgan fingerprint density at radius 1 is 1.24 bits per heavy atom. The molecule has 162 valence electrons. The Bertz CT molecular complexity index is 819. The number of aromatic nitrogens is 2. The second-order valence-corrected chi connectivity index (χ2v) is 10.5. The van der Waals surface area contributed by atoms with E-state index in [0.29, 0.717) is 13.1 Å². The van der Waals surface area contributed by atoms with Crippen LogP contribution in [0.25, 0.3) is 0 Å². The SMILES string of the molecule is COC(=O)C1CCN(Cc2cnc(S(=O)(=O)CC3CC3)n2C[C@H]2CCCO2)CC1. The number of likely N-dealkylation sites (tertiary alicyclic amines) is 1. The number of hydrogen-bond acceptors (Lipinski definition) is 7. The van der Waals surface area contributed by atoms with Gasteiger partial charge in [-0.2, -0.15) is 0 Å². The predicted molar refractivity (Wildman–Crippen MR) is 106 cm³/mol. The predicted octanol–water partition coefficient (Wildman–Crippen LogP) is 1.63. The molecule has 4 rings (SSSR count). The van der Waals surface area contributed by atoms with Gasteiger partial charge in [0.2, 0.25) is 15.0 Å². The van der Waals surface area contributed by atoms with Crippen molar-refractivity contribution in [1.29, 1.82) is 0 Å². The highest BCUT2D eigenvalue weighted by Crippen LogP contribution is 2.32. The molecular formula is C20H31N3O5S. The molecule has 0 amide bonds. The first-order valence-electron chi connectivity index (χ1n) is 10.6. The molecule has 0 N–H and O–H groups in total. The van der Waals surface area contributed by atoms with E-state index in [-0.39, 0.29) is 34.8 Å². The van der Waals surface area contributed by atoms with E-state index in [2.05, 4.69) is 9.88 Å². The van der Waals surface area contributed by atoms with Crippen LogP contribution in [-0.4, -0.2) is 67.5 Å². The highest BCUT2D eigenvalue weighted by atomic mass is 32.2. The van der Waals surface area contributed by atoms with Crippen molar-refractivity contribution in [2.45, 2.75) is 62.9 Å². The summed E-state index contributed by atoms with van der Waals surface area (Å²) in [6, 6.07) is 0. The number of methoxy groups -OCH3 is 1. The summed E-state index contributed by atoms with van der Waals surface area (Å²) in [4.78, 5) is 18.4. The lowest BCUT2D eigenvalue weighted by molar-refractivity contribution is -0.147. The van der Waals surface area contributed by atoms with E-state index in [1.54, 1.807) is 6.20 Å². The van der Waals surface area contributed by atoms with Crippen LogP contribution in [-0.2, 0) is 37.2 Å². The minimum Gasteiger partial charge on any atom is -0.469 e. The van der Waals surface area contributed by atoms with Crippen molar-refractivity contribution in [1.82, 2.24) is 14.5 Å². The van der Waals surface area contributed by atoms with Gasteiger partial charge in [0.25, 0.3) is 0 Å². The second-order valence-electron chi connectivity index (χ2n) is 8.58. The number of carbonyl (C=O) groups is 1. The summed E-state index contributed by atoms with van der Waals surface area (Å²) in [5.74, 6) is 0.303. The number of ether oxygens (including phenoxy) is 2. The molecule has 29 heavy (non-hydrogen) atoms. The van der Waals surface area contributed by atoms with Crippen LogP contribution in [0, 0.1) is 11.8 Å². The average Bonchev–Trinajstić information content (AvgIpc) is 3.19. The maximum Gasteiger partial charge on any atom is 0.308 e. The maximum atomic E-state index is 12.9. The summed E-state index contributed by atoms with van der Waals surface area (Å²) in [7, 11) is -1.96. The molecule has 0 spiro atoms. The van der Waals surface area contributed by atoms with Gasteiger partial charge in [-0.05, 0) is 57.5 Å². The Morgan fingerprint density at radius 2 is 2.00 bits per heavy atom. The summed E-state index contributed by atoms with van der Waals surface area (Å²) in [5, 5.41) is 0.194. The van der Waals surface area contributed by atoms with Crippen molar-refractivity contribution >= 4 is 15.8 Å². The molecule has 2 aliphatic heterocycles. The number of esters is 1. The number of sulfone groups is 1. The Labute approximate surface area is 172 Å². The molecule has 8 nitrogen and oxygen atoms in total. The fourth-order valence-electron chi connectivity index (χ4n) is 4.35. The summed E-state index contributed by atoms with van der Waals surface area (Å²) in [6.07, 6.45) is 7.23. The van der Waals surface area contributed by atoms with Gasteiger partial charge < -0.3 is 14.0 Å². The molecule has 1 saturated carbocycles. The third-order valence-electron chi connectivity index (χ3n) is 6.25. The molecule has 0 bridgehead atoms. The quantitative estimate of drug-likeness (QED) is 0.585. The second kappa shape index (κ2) is 8.73. The van der Waals surface area contributed by atoms with Gasteiger partial charge in [-0.1, -0.05) is 0 Å². The number of piperidine rings is 1. The lowest BCUT2D eigenvalue weighted by atomic mass is 9.97. The van der Waals surface area contributed by atoms with E-state index in [4.69, 9.17) is 9.47 Å². The lowest BCUT2D eigenvalue weighted by Crippen LogP contribution is -2.37. The van der Waals surface area contributed by atoms with Crippen molar-refractivity contribution < 1.29 is 22.7 Å². The van der Waals surface area contributed by atoms with Gasteiger partial charge >= 0.3 is 5.97 Å². The third kappa shape index (κ3) is 5.00. The maximum absolute atomic E-state index is 12.9. The first-order valence-corrected chi connectivity index (χ1v) is 12.3. The molecule has 1 atom stereocenters. The number of rotatable bonds is 8. The topological polar surface area (TPSA) is 90.7 Å². The minimum absolute atomic E-state index is 0.0393. The molecular weight excluding hydrogens is 394 g/mol. The van der Waals surface area contributed by atoms with Crippen LogP contribution in [0.15, 0.2) is 11.4 Å². The highest BCUT2D eigenvalue weighted by Gasteiger charge is 2.34. The molecule has 1 aromatic heterocycles. The molecule has 0 radical (unpaired) electrons. The molecule has 1 aromatic rings. The molecule has 2 saturated heterocycles. The van der Waals surface area contributed by atoms with E-state index in [1.165, 1.54) is 7.11 Å². The zero-order valence-corrected chi connectivity index (χ0v) is 17.9. The van der Waals surface area contributed by atoms with Crippen molar-refractivity contribution in [2.75, 3.05) is 32.6 Å². The normalized spacial score (nSPS) is 24.1. The van der Waals surface area contributed by atoms with Crippen LogP contribution in [0.1, 0.15) is 44.2 Å². The first-order chi connectivity index (χ1) is 14.0. The summed E-state index contributed by atoms with van der Waals surface area (Å²) >= 11 is 0. The summed E-state index contributed by atoms with van der Waals surface area (Å²) in [5.41, 5.74) is 0.909. The van der Waals surface area contributed by atoms with Crippen LogP contribution in [0.2, 0.25) is 0 Å². The molecule has 3 heterocycles. The number of nitrogens with zero attached hydrogens (tertiary/aromatic N) is 3. The number of carbonyl (C=O) groups excluding carboxylic acids is 1. The Balaban J connectivity index is 1.49. The Kier molecular flexibility index (Phi) is 6.27. The van der Waals surface area contributed by atoms with Crippen LogP contribution >= 0.6 is 0 Å². The standard InChI is InChI=1S/C20H31N3O5S/c1-27-19(24)16-6-8-22(9-7-16)12-17-11-21-20(29(25,26)14-15-4-5-15)23(17)13-18-3-2-10-28-18/h11,15-16,18H,2-10,12-14H2,1H3/t18-/m1/s1. The van der Waals surface area contributed by atoms with E-state index < -0.39 is 9.84 Å². The summed E-state index contributed by atoms with van der Waals surface area (Å²) < 4.78 is 38.4. The fourth-order valence-corrected chi connectivity index (χ4v) is 6.19. The van der Waals surface area contributed by atoms with Crippen molar-refractivity contribution in [3.05, 3.63) is 11.9 Å². The van der Waals surface area contributed by atoms with Gasteiger partial charge in [-0.25, -0.2) is 13.4 Å². The average molecular weight is 426 g/mol. The molecule has 9 heteroatoms. The van der Waals surface area contributed by atoms with Crippen molar-refractivity contribution in [2.24, 2.45) is 11.8 Å². The molecule has 0 aromatic carbocycles. The van der Waals surface area contributed by atoms with Gasteiger partial charge in [0.15, 0.2) is 0 Å². The number of imidazole rings is 1. The van der Waals surface area contributed by atoms with E-state index in [0.717, 1.165) is 63.9 Å². The summed E-state index contributed by atoms with van der Waals surface area (Å²) in [6.45, 7) is 3.48. The molecule has 3 aliphatic rings. The highest BCUT2D eigenvalue weighted by molar-refractivity contribution is 7.91. The molecule has 1 aliphatic carbocycles. The molecule has 0 unspecified atom stereocenters. The zero-order chi connectivity index (χ0) is 20.4. The zero-order valence-electron chi connectivity index (χ0n) is 17.1. The largest absolute Gasteiger partial charge is 0.469 e. The minimum atomic E-state index is -3.40. The van der Waals surface area contributed by atoms with Gasteiger partial charge in [-0.15, -0.1) is 0 Å². The smallest absolute Gasteiger partial charge is 0.308 e. The van der Waals surface area contributed by atoms with Gasteiger partial charge in [0.05, 0.1) is 43.3 Å². The van der Waals surface area contributed by atoms with Crippen LogP contribution in [0.3, 0.4) is 0 Å². The Morgan fingerprint density at radius 3 is 2.62 bits per heavy atom. The van der Waals surface area contributed by atoms with Crippen LogP contribution in [0.5, 0.6) is 0 Å². The van der Waals surface area contributed by atoms with E-state index >= 15 is 0 Å². The molecule has 3 fully saturated rings. The van der Waals surface area contributed by atoms with E-state index in [1.807, 2.05) is 4.57 Å². The van der Waals surface area contributed by atoms with Gasteiger partial charge in [0, 0.05) is 13.2 Å². The lowest BCUT2D eigenvalue weighted by Gasteiger charge is -2.30. The Hall–Kier alpha value is -1.45. The number of hydrogen-bond donors (Lipinski definition) is 0. The monoisotopic (exact) mass is 425 g/mol. The van der Waals surface area contributed by atoms with Crippen LogP contribution < -0.4 is 0 Å². The van der Waals surface area contributed by atoms with Crippen molar-refractivity contribution in [3.8, 4) is 0 Å². The van der Waals surface area contributed by atoms with Gasteiger partial charge in [-0.3, -0.25) is 9.69 Å². The third-order valence-corrected chi connectivity index (χ3v) is 8.04. The van der Waals surface area contributed by atoms with Gasteiger partial charge in [0.1, 0.15) is 0 Å². The van der Waals surface area contributed by atoms with Crippen LogP contribution in [0.4, 0.5) is 0 Å². The fraction of sp³-hybridized carbons (Fsp3) is 0.800. The first kappa shape index (κ1) is 20.8. The van der Waals surface area contributed by atoms with Crippen molar-refractivity contribution in [3.63, 3.8) is 0 Å².